The normalized spacial score (nSPS) is 25.4. The molecule has 1 aliphatic rings. The summed E-state index contributed by atoms with van der Waals surface area (Å²) >= 11 is 6.14. The summed E-state index contributed by atoms with van der Waals surface area (Å²) in [5, 5.41) is 4.40. The number of benzene rings is 1. The molecule has 0 aliphatic heterocycles. The number of rotatable bonds is 3. The molecule has 1 aliphatic carbocycles. The van der Waals surface area contributed by atoms with Crippen molar-refractivity contribution in [1.82, 2.24) is 0 Å². The minimum Gasteiger partial charge on any atom is -0.381 e. The Bertz CT molecular complexity index is 329. The molecular formula is C14H20ClN. The van der Waals surface area contributed by atoms with Gasteiger partial charge in [-0.3, -0.25) is 0 Å². The number of hydrogen-bond donors (Lipinski definition) is 1. The average molecular weight is 238 g/mol. The maximum atomic E-state index is 6.14. The van der Waals surface area contributed by atoms with Crippen LogP contribution in [0.25, 0.3) is 0 Å². The Morgan fingerprint density at radius 1 is 1.19 bits per heavy atom. The predicted molar refractivity (Wildman–Crippen MR) is 71.1 cm³/mol. The lowest BCUT2D eigenvalue weighted by Gasteiger charge is -2.29. The second kappa shape index (κ2) is 5.58. The molecule has 0 radical (unpaired) electrons. The van der Waals surface area contributed by atoms with Crippen LogP contribution < -0.4 is 5.32 Å². The fraction of sp³-hybridized carbons (Fsp3) is 0.571. The zero-order chi connectivity index (χ0) is 11.4. The van der Waals surface area contributed by atoms with Crippen LogP contribution in [0.5, 0.6) is 0 Å². The van der Waals surface area contributed by atoms with E-state index >= 15 is 0 Å². The Labute approximate surface area is 103 Å². The van der Waals surface area contributed by atoms with Crippen molar-refractivity contribution >= 4 is 17.3 Å². The summed E-state index contributed by atoms with van der Waals surface area (Å²) in [6, 6.07) is 8.63. The molecule has 1 N–H and O–H groups in total. The largest absolute Gasteiger partial charge is 0.381 e. The molecule has 16 heavy (non-hydrogen) atoms. The topological polar surface area (TPSA) is 12.0 Å². The third-order valence-electron chi connectivity index (χ3n) is 3.66. The first-order valence-electron chi connectivity index (χ1n) is 6.30. The second-order valence-corrected chi connectivity index (χ2v) is 5.16. The second-order valence-electron chi connectivity index (χ2n) is 4.75. The highest BCUT2D eigenvalue weighted by Gasteiger charge is 2.19. The third kappa shape index (κ3) is 2.91. The van der Waals surface area contributed by atoms with E-state index in [9.17, 15) is 0 Å². The van der Waals surface area contributed by atoms with E-state index in [2.05, 4.69) is 18.3 Å². The molecule has 0 aromatic heterocycles. The van der Waals surface area contributed by atoms with Crippen molar-refractivity contribution in [3.05, 3.63) is 29.3 Å². The van der Waals surface area contributed by atoms with Crippen LogP contribution >= 0.6 is 11.6 Å². The highest BCUT2D eigenvalue weighted by Crippen LogP contribution is 2.30. The Morgan fingerprint density at radius 3 is 2.50 bits per heavy atom. The molecule has 0 amide bonds. The van der Waals surface area contributed by atoms with E-state index in [1.165, 1.54) is 32.1 Å². The first-order chi connectivity index (χ1) is 7.79. The van der Waals surface area contributed by atoms with Crippen LogP contribution in [0, 0.1) is 5.92 Å². The summed E-state index contributed by atoms with van der Waals surface area (Å²) in [4.78, 5) is 0. The minimum absolute atomic E-state index is 0.614. The van der Waals surface area contributed by atoms with Crippen molar-refractivity contribution in [2.24, 2.45) is 5.92 Å². The molecule has 0 saturated heterocycles. The van der Waals surface area contributed by atoms with E-state index in [4.69, 9.17) is 11.6 Å². The summed E-state index contributed by atoms with van der Waals surface area (Å²) in [6.07, 6.45) is 6.61. The van der Waals surface area contributed by atoms with Crippen LogP contribution in [0.15, 0.2) is 24.3 Å². The van der Waals surface area contributed by atoms with Gasteiger partial charge < -0.3 is 5.32 Å². The molecule has 0 bridgehead atoms. The van der Waals surface area contributed by atoms with Gasteiger partial charge in [0.15, 0.2) is 0 Å². The minimum atomic E-state index is 0.614. The molecule has 2 rings (SSSR count). The van der Waals surface area contributed by atoms with E-state index in [-0.39, 0.29) is 0 Å². The quantitative estimate of drug-likeness (QED) is 0.802. The van der Waals surface area contributed by atoms with Gasteiger partial charge in [0.2, 0.25) is 0 Å². The van der Waals surface area contributed by atoms with Crippen molar-refractivity contribution in [2.45, 2.75) is 45.1 Å². The van der Waals surface area contributed by atoms with E-state index < -0.39 is 0 Å². The standard InChI is InChI=1S/C14H20ClN/c1-2-11-7-9-12(10-8-11)16-14-6-4-3-5-13(14)15/h3-6,11-12,16H,2,7-10H2,1H3. The number of nitrogens with one attached hydrogen (secondary N) is 1. The maximum Gasteiger partial charge on any atom is 0.0637 e. The first-order valence-corrected chi connectivity index (χ1v) is 6.68. The van der Waals surface area contributed by atoms with Gasteiger partial charge in [0.25, 0.3) is 0 Å². The van der Waals surface area contributed by atoms with Crippen LogP contribution in [0.2, 0.25) is 5.02 Å². The lowest BCUT2D eigenvalue weighted by Crippen LogP contribution is -2.25. The molecule has 0 heterocycles. The van der Waals surface area contributed by atoms with Crippen molar-refractivity contribution in [3.8, 4) is 0 Å². The van der Waals surface area contributed by atoms with Crippen molar-refractivity contribution < 1.29 is 0 Å². The molecule has 1 fully saturated rings. The molecule has 0 atom stereocenters. The highest BCUT2D eigenvalue weighted by molar-refractivity contribution is 6.33. The van der Waals surface area contributed by atoms with Crippen molar-refractivity contribution in [1.29, 1.82) is 0 Å². The van der Waals surface area contributed by atoms with E-state index in [0.717, 1.165) is 16.6 Å². The SMILES string of the molecule is CCC1CCC(Nc2ccccc2Cl)CC1. The van der Waals surface area contributed by atoms with Crippen LogP contribution in [-0.2, 0) is 0 Å². The lowest BCUT2D eigenvalue weighted by atomic mass is 9.84. The predicted octanol–water partition coefficient (Wildman–Crippen LogP) is 4.72. The average Bonchev–Trinajstić information content (AvgIpc) is 2.33. The van der Waals surface area contributed by atoms with Crippen molar-refractivity contribution in [2.75, 3.05) is 5.32 Å². The highest BCUT2D eigenvalue weighted by atomic mass is 35.5. The monoisotopic (exact) mass is 237 g/mol. The molecule has 1 aromatic carbocycles. The van der Waals surface area contributed by atoms with Gasteiger partial charge in [0, 0.05) is 6.04 Å². The number of anilines is 1. The van der Waals surface area contributed by atoms with Gasteiger partial charge in [-0.25, -0.2) is 0 Å². The Balaban J connectivity index is 1.89. The van der Waals surface area contributed by atoms with Gasteiger partial charge in [0.1, 0.15) is 0 Å². The summed E-state index contributed by atoms with van der Waals surface area (Å²) in [5.41, 5.74) is 1.09. The maximum absolute atomic E-state index is 6.14. The van der Waals surface area contributed by atoms with E-state index in [0.29, 0.717) is 6.04 Å². The Hall–Kier alpha value is -0.690. The fourth-order valence-corrected chi connectivity index (χ4v) is 2.70. The zero-order valence-corrected chi connectivity index (χ0v) is 10.6. The smallest absolute Gasteiger partial charge is 0.0637 e. The number of halogens is 1. The van der Waals surface area contributed by atoms with Crippen LogP contribution in [0.4, 0.5) is 5.69 Å². The number of para-hydroxylation sites is 1. The Morgan fingerprint density at radius 2 is 1.88 bits per heavy atom. The fourth-order valence-electron chi connectivity index (χ4n) is 2.51. The molecular weight excluding hydrogens is 218 g/mol. The summed E-state index contributed by atoms with van der Waals surface area (Å²) in [6.45, 7) is 2.30. The summed E-state index contributed by atoms with van der Waals surface area (Å²) < 4.78 is 0. The molecule has 1 saturated carbocycles. The molecule has 2 heteroatoms. The van der Waals surface area contributed by atoms with Crippen LogP contribution in [0.1, 0.15) is 39.0 Å². The molecule has 1 aromatic rings. The zero-order valence-electron chi connectivity index (χ0n) is 9.88. The molecule has 1 nitrogen and oxygen atoms in total. The van der Waals surface area contributed by atoms with E-state index in [1.807, 2.05) is 18.2 Å². The number of hydrogen-bond acceptors (Lipinski definition) is 1. The molecule has 0 unspecified atom stereocenters. The van der Waals surface area contributed by atoms with E-state index in [1.54, 1.807) is 0 Å². The summed E-state index contributed by atoms with van der Waals surface area (Å²) in [5.74, 6) is 0.948. The van der Waals surface area contributed by atoms with Gasteiger partial charge in [-0.2, -0.15) is 0 Å². The van der Waals surface area contributed by atoms with Gasteiger partial charge in [0.05, 0.1) is 10.7 Å². The summed E-state index contributed by atoms with van der Waals surface area (Å²) in [7, 11) is 0. The molecule has 88 valence electrons. The van der Waals surface area contributed by atoms with Crippen LogP contribution in [-0.4, -0.2) is 6.04 Å². The van der Waals surface area contributed by atoms with Gasteiger partial charge in [-0.1, -0.05) is 37.1 Å². The van der Waals surface area contributed by atoms with Crippen molar-refractivity contribution in [3.63, 3.8) is 0 Å². The van der Waals surface area contributed by atoms with Gasteiger partial charge in [-0.15, -0.1) is 0 Å². The third-order valence-corrected chi connectivity index (χ3v) is 3.99. The Kier molecular flexibility index (Phi) is 4.11. The van der Waals surface area contributed by atoms with Crippen LogP contribution in [0.3, 0.4) is 0 Å². The first kappa shape index (κ1) is 11.8. The molecule has 0 spiro atoms. The van der Waals surface area contributed by atoms with Gasteiger partial charge in [-0.05, 0) is 43.7 Å². The lowest BCUT2D eigenvalue weighted by molar-refractivity contribution is 0.330. The van der Waals surface area contributed by atoms with Gasteiger partial charge >= 0.3 is 0 Å².